The second-order valence-electron chi connectivity index (χ2n) is 9.56. The Bertz CT molecular complexity index is 1400. The number of imide groups is 1. The number of rotatable bonds is 3. The molecule has 8 heteroatoms. The van der Waals surface area contributed by atoms with Gasteiger partial charge < -0.3 is 4.90 Å². The zero-order chi connectivity index (χ0) is 25.0. The number of likely N-dealkylation sites (tertiary alicyclic amines) is 1. The number of benzene rings is 3. The average Bonchev–Trinajstić information content (AvgIpc) is 3.36. The molecule has 3 aromatic rings. The SMILES string of the molecule is O=C(c1ccc(Cl)c(Cl)c1)N1CCC2(CC1)CSc1ccc(CN3C(=O)c4ccccc4C3=O)cc12. The first-order valence-electron chi connectivity index (χ1n) is 11.8. The molecular weight excluding hydrogens is 515 g/mol. The van der Waals surface area contributed by atoms with Gasteiger partial charge >= 0.3 is 0 Å². The van der Waals surface area contributed by atoms with Crippen molar-refractivity contribution in [2.24, 2.45) is 0 Å². The quantitative estimate of drug-likeness (QED) is 0.381. The molecule has 1 spiro atoms. The predicted octanol–water partition coefficient (Wildman–Crippen LogP) is 6.07. The van der Waals surface area contributed by atoms with Crippen LogP contribution < -0.4 is 0 Å². The van der Waals surface area contributed by atoms with Crippen molar-refractivity contribution in [2.75, 3.05) is 18.8 Å². The molecule has 0 aliphatic carbocycles. The summed E-state index contributed by atoms with van der Waals surface area (Å²) >= 11 is 14.0. The van der Waals surface area contributed by atoms with Gasteiger partial charge in [-0.3, -0.25) is 19.3 Å². The van der Waals surface area contributed by atoms with Crippen LogP contribution in [0.1, 0.15) is 55.0 Å². The van der Waals surface area contributed by atoms with Gasteiger partial charge in [-0.15, -0.1) is 11.8 Å². The van der Waals surface area contributed by atoms with Crippen LogP contribution in [0.25, 0.3) is 0 Å². The molecule has 0 atom stereocenters. The number of hydrogen-bond acceptors (Lipinski definition) is 4. The van der Waals surface area contributed by atoms with Gasteiger partial charge in [0.05, 0.1) is 27.7 Å². The van der Waals surface area contributed by atoms with E-state index in [4.69, 9.17) is 23.2 Å². The van der Waals surface area contributed by atoms with Gasteiger partial charge in [0.25, 0.3) is 17.7 Å². The summed E-state index contributed by atoms with van der Waals surface area (Å²) in [5.41, 5.74) is 3.67. The Labute approximate surface area is 223 Å². The van der Waals surface area contributed by atoms with Gasteiger partial charge in [0, 0.05) is 34.7 Å². The van der Waals surface area contributed by atoms with Gasteiger partial charge in [-0.2, -0.15) is 0 Å². The zero-order valence-electron chi connectivity index (χ0n) is 19.3. The molecule has 3 aliphatic rings. The first-order chi connectivity index (χ1) is 17.4. The van der Waals surface area contributed by atoms with Crippen molar-refractivity contribution in [3.8, 4) is 0 Å². The van der Waals surface area contributed by atoms with Crippen LogP contribution >= 0.6 is 35.0 Å². The van der Waals surface area contributed by atoms with Crippen LogP contribution in [-0.4, -0.2) is 46.4 Å². The van der Waals surface area contributed by atoms with Crippen LogP contribution in [0.15, 0.2) is 65.6 Å². The fourth-order valence-corrected chi connectivity index (χ4v) is 7.21. The van der Waals surface area contributed by atoms with Crippen LogP contribution in [-0.2, 0) is 12.0 Å². The highest BCUT2D eigenvalue weighted by molar-refractivity contribution is 7.99. The summed E-state index contributed by atoms with van der Waals surface area (Å²) in [6, 6.07) is 18.2. The Morgan fingerprint density at radius 1 is 0.889 bits per heavy atom. The largest absolute Gasteiger partial charge is 0.339 e. The topological polar surface area (TPSA) is 57.7 Å². The number of thioether (sulfide) groups is 1. The van der Waals surface area contributed by atoms with Crippen LogP contribution in [0.4, 0.5) is 0 Å². The summed E-state index contributed by atoms with van der Waals surface area (Å²) in [6.45, 7) is 1.56. The van der Waals surface area contributed by atoms with Gasteiger partial charge in [-0.25, -0.2) is 0 Å². The lowest BCUT2D eigenvalue weighted by molar-refractivity contribution is 0.0640. The molecule has 1 saturated heterocycles. The third kappa shape index (κ3) is 3.83. The lowest BCUT2D eigenvalue weighted by atomic mass is 9.74. The van der Waals surface area contributed by atoms with E-state index in [0.29, 0.717) is 39.8 Å². The van der Waals surface area contributed by atoms with Gasteiger partial charge in [0.1, 0.15) is 0 Å². The number of carbonyl (C=O) groups excluding carboxylic acids is 3. The molecule has 3 heterocycles. The van der Waals surface area contributed by atoms with E-state index in [9.17, 15) is 14.4 Å². The average molecular weight is 537 g/mol. The second kappa shape index (κ2) is 8.94. The second-order valence-corrected chi connectivity index (χ2v) is 11.4. The van der Waals surface area contributed by atoms with E-state index in [1.807, 2.05) is 22.7 Å². The Morgan fingerprint density at radius 2 is 1.58 bits per heavy atom. The number of nitrogens with zero attached hydrogens (tertiary/aromatic N) is 2. The maximum atomic E-state index is 13.1. The fourth-order valence-electron chi connectivity index (χ4n) is 5.44. The van der Waals surface area contributed by atoms with E-state index in [2.05, 4.69) is 12.1 Å². The number of halogens is 2. The highest BCUT2D eigenvalue weighted by atomic mass is 35.5. The summed E-state index contributed by atoms with van der Waals surface area (Å²) in [5, 5.41) is 0.810. The van der Waals surface area contributed by atoms with Crippen molar-refractivity contribution >= 4 is 52.7 Å². The Balaban J connectivity index is 1.19. The Hall–Kier alpha value is -2.80. The van der Waals surface area contributed by atoms with Gasteiger partial charge in [-0.05, 0) is 60.4 Å². The molecule has 6 rings (SSSR count). The molecular formula is C28H22Cl2N2O3S. The number of piperidine rings is 1. The summed E-state index contributed by atoms with van der Waals surface area (Å²) in [7, 11) is 0. The monoisotopic (exact) mass is 536 g/mol. The molecule has 0 radical (unpaired) electrons. The highest BCUT2D eigenvalue weighted by Crippen LogP contribution is 2.50. The van der Waals surface area contributed by atoms with Gasteiger partial charge in [-0.1, -0.05) is 47.5 Å². The van der Waals surface area contributed by atoms with Crippen molar-refractivity contribution in [3.05, 3.63) is 98.5 Å². The molecule has 3 aliphatic heterocycles. The van der Waals surface area contributed by atoms with Crippen LogP contribution in [0.5, 0.6) is 0 Å². The molecule has 0 saturated carbocycles. The number of carbonyl (C=O) groups is 3. The van der Waals surface area contributed by atoms with Crippen LogP contribution in [0.3, 0.4) is 0 Å². The smallest absolute Gasteiger partial charge is 0.261 e. The van der Waals surface area contributed by atoms with E-state index in [-0.39, 0.29) is 29.7 Å². The van der Waals surface area contributed by atoms with Crippen LogP contribution in [0, 0.1) is 0 Å². The number of amides is 3. The Kier molecular flexibility index (Phi) is 5.86. The first-order valence-corrected chi connectivity index (χ1v) is 13.6. The van der Waals surface area contributed by atoms with Gasteiger partial charge in [0.2, 0.25) is 0 Å². The minimum atomic E-state index is -0.241. The maximum Gasteiger partial charge on any atom is 0.261 e. The molecule has 3 aromatic carbocycles. The number of hydrogen-bond donors (Lipinski definition) is 0. The summed E-state index contributed by atoms with van der Waals surface area (Å²) in [6.07, 6.45) is 1.72. The minimum absolute atomic E-state index is 0.0214. The van der Waals surface area contributed by atoms with E-state index in [1.54, 1.807) is 42.5 Å². The molecule has 1 fully saturated rings. The summed E-state index contributed by atoms with van der Waals surface area (Å²) < 4.78 is 0. The lowest BCUT2D eigenvalue weighted by Gasteiger charge is -2.40. The zero-order valence-corrected chi connectivity index (χ0v) is 21.6. The molecule has 5 nitrogen and oxygen atoms in total. The van der Waals surface area contributed by atoms with Gasteiger partial charge in [0.15, 0.2) is 0 Å². The predicted molar refractivity (Wildman–Crippen MR) is 141 cm³/mol. The molecule has 0 bridgehead atoms. The first kappa shape index (κ1) is 23.6. The molecule has 0 N–H and O–H groups in total. The molecule has 0 unspecified atom stereocenters. The van der Waals surface area contributed by atoms with Crippen molar-refractivity contribution in [2.45, 2.75) is 29.7 Å². The summed E-state index contributed by atoms with van der Waals surface area (Å²) in [4.78, 5) is 43.2. The normalized spacial score (nSPS) is 18.1. The van der Waals surface area contributed by atoms with Crippen molar-refractivity contribution in [1.29, 1.82) is 0 Å². The van der Waals surface area contributed by atoms with Crippen molar-refractivity contribution in [1.82, 2.24) is 9.80 Å². The highest BCUT2D eigenvalue weighted by Gasteiger charge is 2.43. The van der Waals surface area contributed by atoms with E-state index < -0.39 is 0 Å². The third-order valence-electron chi connectivity index (χ3n) is 7.51. The summed E-state index contributed by atoms with van der Waals surface area (Å²) in [5.74, 6) is 0.449. The number of fused-ring (bicyclic) bond motifs is 3. The minimum Gasteiger partial charge on any atom is -0.339 e. The van der Waals surface area contributed by atoms with E-state index in [1.165, 1.54) is 15.4 Å². The van der Waals surface area contributed by atoms with Crippen LogP contribution in [0.2, 0.25) is 10.0 Å². The van der Waals surface area contributed by atoms with E-state index in [0.717, 1.165) is 24.2 Å². The third-order valence-corrected chi connectivity index (χ3v) is 9.62. The maximum absolute atomic E-state index is 13.1. The lowest BCUT2D eigenvalue weighted by Crippen LogP contribution is -2.45. The standard InChI is InChI=1S/C28H22Cl2N2O3S/c29-22-7-6-18(14-23(22)30)25(33)31-11-9-28(10-12-31)16-36-24-8-5-17(13-21(24)28)15-32-26(34)19-3-1-2-4-20(19)27(32)35/h1-8,13-14H,9-12,15-16H2. The fraction of sp³-hybridized carbons (Fsp3) is 0.250. The molecule has 0 aromatic heterocycles. The molecule has 3 amide bonds. The van der Waals surface area contributed by atoms with Crippen molar-refractivity contribution < 1.29 is 14.4 Å². The van der Waals surface area contributed by atoms with E-state index >= 15 is 0 Å². The molecule has 36 heavy (non-hydrogen) atoms. The molecule has 182 valence electrons. The Morgan fingerprint density at radius 3 is 2.25 bits per heavy atom. The van der Waals surface area contributed by atoms with Crippen molar-refractivity contribution in [3.63, 3.8) is 0 Å².